The zero-order valence-electron chi connectivity index (χ0n) is 9.38. The molecule has 0 aromatic heterocycles. The van der Waals surface area contributed by atoms with E-state index in [1.807, 2.05) is 23.5 Å². The molecule has 15 heavy (non-hydrogen) atoms. The minimum atomic E-state index is 0.427. The first-order chi connectivity index (χ1) is 7.17. The molecule has 0 aliphatic carbocycles. The molecule has 1 aliphatic heterocycles. The van der Waals surface area contributed by atoms with Gasteiger partial charge in [-0.1, -0.05) is 18.2 Å². The fraction of sp³-hybridized carbons (Fsp3) is 0.700. The predicted molar refractivity (Wildman–Crippen MR) is 70.2 cm³/mol. The van der Waals surface area contributed by atoms with Crippen molar-refractivity contribution in [2.24, 2.45) is 5.16 Å². The molecule has 0 saturated carbocycles. The summed E-state index contributed by atoms with van der Waals surface area (Å²) in [6, 6.07) is 0. The zero-order chi connectivity index (χ0) is 11.3. The largest absolute Gasteiger partial charge is 0.411 e. The Hall–Kier alpha value is -0.130. The monoisotopic (exact) mass is 246 g/mol. The summed E-state index contributed by atoms with van der Waals surface area (Å²) in [5, 5.41) is 12.2. The molecule has 2 unspecified atom stereocenters. The fourth-order valence-corrected chi connectivity index (χ4v) is 4.50. The number of thioether (sulfide) groups is 2. The highest BCUT2D eigenvalue weighted by Crippen LogP contribution is 2.39. The molecule has 3 nitrogen and oxygen atoms in total. The number of nitrogens with zero attached hydrogens (tertiary/aromatic N) is 2. The lowest BCUT2D eigenvalue weighted by Crippen LogP contribution is -2.21. The van der Waals surface area contributed by atoms with Gasteiger partial charge in [0.15, 0.2) is 0 Å². The molecule has 1 heterocycles. The Balaban J connectivity index is 2.60. The first-order valence-corrected chi connectivity index (χ1v) is 6.97. The van der Waals surface area contributed by atoms with Crippen LogP contribution in [0.2, 0.25) is 0 Å². The van der Waals surface area contributed by atoms with Crippen molar-refractivity contribution in [1.82, 2.24) is 4.90 Å². The van der Waals surface area contributed by atoms with Gasteiger partial charge >= 0.3 is 0 Å². The van der Waals surface area contributed by atoms with Crippen molar-refractivity contribution in [3.05, 3.63) is 11.6 Å². The molecule has 1 aliphatic rings. The van der Waals surface area contributed by atoms with Gasteiger partial charge < -0.3 is 10.1 Å². The van der Waals surface area contributed by atoms with E-state index in [4.69, 9.17) is 5.21 Å². The first kappa shape index (κ1) is 12.9. The molecule has 0 radical (unpaired) electrons. The third-order valence-electron chi connectivity index (χ3n) is 2.02. The van der Waals surface area contributed by atoms with E-state index in [0.717, 1.165) is 17.9 Å². The van der Waals surface area contributed by atoms with E-state index in [-0.39, 0.29) is 0 Å². The molecule has 0 saturated heterocycles. The summed E-state index contributed by atoms with van der Waals surface area (Å²) in [6.07, 6.45) is 3.77. The van der Waals surface area contributed by atoms with Crippen LogP contribution >= 0.6 is 23.5 Å². The van der Waals surface area contributed by atoms with Gasteiger partial charge in [-0.2, -0.15) is 0 Å². The van der Waals surface area contributed by atoms with Crippen molar-refractivity contribution in [1.29, 1.82) is 0 Å². The fourth-order valence-electron chi connectivity index (χ4n) is 1.48. The molecule has 86 valence electrons. The molecule has 1 rings (SSSR count). The molecule has 5 heteroatoms. The highest BCUT2D eigenvalue weighted by Gasteiger charge is 2.26. The third kappa shape index (κ3) is 4.09. The summed E-state index contributed by atoms with van der Waals surface area (Å²) in [5.74, 6) is 1.09. The quantitative estimate of drug-likeness (QED) is 0.458. The van der Waals surface area contributed by atoms with Crippen LogP contribution in [0.5, 0.6) is 0 Å². The summed E-state index contributed by atoms with van der Waals surface area (Å²) < 4.78 is 0.427. The Morgan fingerprint density at radius 2 is 2.40 bits per heavy atom. The van der Waals surface area contributed by atoms with Gasteiger partial charge in [-0.3, -0.25) is 0 Å². The molecule has 0 aromatic carbocycles. The van der Waals surface area contributed by atoms with Gasteiger partial charge in [0, 0.05) is 11.8 Å². The maximum atomic E-state index is 8.58. The van der Waals surface area contributed by atoms with Crippen LogP contribution in [0.15, 0.2) is 16.8 Å². The Morgan fingerprint density at radius 3 is 2.93 bits per heavy atom. The van der Waals surface area contributed by atoms with Crippen LogP contribution in [0, 0.1) is 0 Å². The number of oxime groups is 1. The van der Waals surface area contributed by atoms with Crippen LogP contribution in [0.1, 0.15) is 6.92 Å². The Kier molecular flexibility index (Phi) is 5.56. The Labute approximate surface area is 100.0 Å². The minimum Gasteiger partial charge on any atom is -0.411 e. The number of rotatable bonds is 5. The molecule has 2 atom stereocenters. The molecule has 0 spiro atoms. The van der Waals surface area contributed by atoms with E-state index < -0.39 is 0 Å². The maximum Gasteiger partial charge on any atom is 0.0770 e. The van der Waals surface area contributed by atoms with Crippen LogP contribution in [-0.4, -0.2) is 52.5 Å². The molecular formula is C10H18N2OS2. The SMILES string of the molecule is CCSC1SC(CN(C)C)C=C1/C=N/O. The van der Waals surface area contributed by atoms with Crippen molar-refractivity contribution in [2.45, 2.75) is 16.8 Å². The number of hydrogen-bond acceptors (Lipinski definition) is 5. The van der Waals surface area contributed by atoms with E-state index in [1.54, 1.807) is 6.21 Å². The van der Waals surface area contributed by atoms with Gasteiger partial charge in [0.05, 0.1) is 10.8 Å². The first-order valence-electron chi connectivity index (χ1n) is 4.98. The van der Waals surface area contributed by atoms with E-state index in [2.05, 4.69) is 37.2 Å². The lowest BCUT2D eigenvalue weighted by molar-refractivity contribution is 0.321. The van der Waals surface area contributed by atoms with E-state index >= 15 is 0 Å². The second-order valence-corrected chi connectivity index (χ2v) is 6.66. The highest BCUT2D eigenvalue weighted by molar-refractivity contribution is 8.17. The number of hydrogen-bond donors (Lipinski definition) is 1. The minimum absolute atomic E-state index is 0.427. The van der Waals surface area contributed by atoms with Gasteiger partial charge in [0.25, 0.3) is 0 Å². The second-order valence-electron chi connectivity index (χ2n) is 3.64. The summed E-state index contributed by atoms with van der Waals surface area (Å²) in [4.78, 5) is 2.18. The Morgan fingerprint density at radius 1 is 1.67 bits per heavy atom. The van der Waals surface area contributed by atoms with Crippen LogP contribution in [0.4, 0.5) is 0 Å². The van der Waals surface area contributed by atoms with Crippen molar-refractivity contribution >= 4 is 29.7 Å². The molecule has 1 N–H and O–H groups in total. The predicted octanol–water partition coefficient (Wildman–Crippen LogP) is 2.13. The molecule has 0 aromatic rings. The average molecular weight is 246 g/mol. The standard InChI is InChI=1S/C10H18N2OS2/c1-4-14-10-8(6-11-13)5-9(15-10)7-12(2)3/h5-6,9-10,13H,4,7H2,1-3H3/b11-6+. The summed E-state index contributed by atoms with van der Waals surface area (Å²) in [7, 11) is 4.16. The van der Waals surface area contributed by atoms with Gasteiger partial charge in [-0.15, -0.1) is 23.5 Å². The van der Waals surface area contributed by atoms with Crippen LogP contribution in [0.25, 0.3) is 0 Å². The van der Waals surface area contributed by atoms with Gasteiger partial charge in [0.1, 0.15) is 0 Å². The van der Waals surface area contributed by atoms with Crippen LogP contribution < -0.4 is 0 Å². The average Bonchev–Trinajstić information content (AvgIpc) is 2.48. The van der Waals surface area contributed by atoms with Crippen molar-refractivity contribution < 1.29 is 5.21 Å². The highest BCUT2D eigenvalue weighted by atomic mass is 32.2. The summed E-state index contributed by atoms with van der Waals surface area (Å²) in [6.45, 7) is 3.19. The summed E-state index contributed by atoms with van der Waals surface area (Å²) >= 11 is 3.83. The smallest absolute Gasteiger partial charge is 0.0770 e. The normalized spacial score (nSPS) is 26.5. The van der Waals surface area contributed by atoms with Crippen LogP contribution in [0.3, 0.4) is 0 Å². The molecular weight excluding hydrogens is 228 g/mol. The third-order valence-corrected chi connectivity index (χ3v) is 4.82. The zero-order valence-corrected chi connectivity index (χ0v) is 11.0. The van der Waals surface area contributed by atoms with Gasteiger partial charge in [0.2, 0.25) is 0 Å². The molecule has 0 amide bonds. The van der Waals surface area contributed by atoms with Crippen molar-refractivity contribution in [2.75, 3.05) is 26.4 Å². The van der Waals surface area contributed by atoms with Gasteiger partial charge in [-0.25, -0.2) is 0 Å². The Bertz CT molecular complexity index is 254. The maximum absolute atomic E-state index is 8.58. The topological polar surface area (TPSA) is 35.8 Å². The summed E-state index contributed by atoms with van der Waals surface area (Å²) in [5.41, 5.74) is 1.14. The second kappa shape index (κ2) is 6.45. The van der Waals surface area contributed by atoms with Crippen molar-refractivity contribution in [3.8, 4) is 0 Å². The molecule has 0 fully saturated rings. The van der Waals surface area contributed by atoms with Crippen LogP contribution in [-0.2, 0) is 0 Å². The van der Waals surface area contributed by atoms with Gasteiger partial charge in [-0.05, 0) is 25.4 Å². The lowest BCUT2D eigenvalue weighted by Gasteiger charge is -2.15. The lowest BCUT2D eigenvalue weighted by atomic mass is 10.2. The van der Waals surface area contributed by atoms with Crippen molar-refractivity contribution in [3.63, 3.8) is 0 Å². The van der Waals surface area contributed by atoms with E-state index in [9.17, 15) is 0 Å². The molecule has 0 bridgehead atoms. The van der Waals surface area contributed by atoms with E-state index in [1.165, 1.54) is 0 Å². The van der Waals surface area contributed by atoms with E-state index in [0.29, 0.717) is 9.83 Å².